The van der Waals surface area contributed by atoms with E-state index in [0.29, 0.717) is 16.6 Å². The zero-order chi connectivity index (χ0) is 12.6. The molecule has 4 heteroatoms. The van der Waals surface area contributed by atoms with Crippen LogP contribution < -0.4 is 5.32 Å². The van der Waals surface area contributed by atoms with Crippen molar-refractivity contribution in [2.24, 2.45) is 5.41 Å². The smallest absolute Gasteiger partial charge is 0.171 e. The lowest BCUT2D eigenvalue weighted by molar-refractivity contribution is 0.349. The van der Waals surface area contributed by atoms with Gasteiger partial charge < -0.3 is 5.32 Å². The topological polar surface area (TPSA) is 37.8 Å². The van der Waals surface area contributed by atoms with Gasteiger partial charge in [-0.05, 0) is 32.1 Å². The highest BCUT2D eigenvalue weighted by molar-refractivity contribution is 6.31. The third kappa shape index (κ3) is 2.54. The highest BCUT2D eigenvalue weighted by Crippen LogP contribution is 2.39. The second kappa shape index (κ2) is 4.45. The molecular weight excluding hydrogens is 234 g/mol. The molecule has 94 valence electrons. The van der Waals surface area contributed by atoms with Crippen LogP contribution >= 0.6 is 11.6 Å². The van der Waals surface area contributed by atoms with Gasteiger partial charge in [0.2, 0.25) is 0 Å². The van der Waals surface area contributed by atoms with Gasteiger partial charge in [-0.1, -0.05) is 31.9 Å². The van der Waals surface area contributed by atoms with Crippen LogP contribution in [-0.2, 0) is 0 Å². The number of nitrogens with one attached hydrogen (secondary N) is 1. The Kier molecular flexibility index (Phi) is 3.30. The van der Waals surface area contributed by atoms with Crippen LogP contribution in [0.1, 0.15) is 44.5 Å². The molecule has 0 amide bonds. The molecule has 3 nitrogen and oxygen atoms in total. The Bertz CT molecular complexity index is 429. The molecule has 1 saturated carbocycles. The highest BCUT2D eigenvalue weighted by Gasteiger charge is 2.35. The number of hydrogen-bond donors (Lipinski definition) is 1. The minimum Gasteiger partial charge on any atom is -0.364 e. The van der Waals surface area contributed by atoms with E-state index in [1.165, 1.54) is 19.3 Å². The molecule has 2 rings (SSSR count). The molecule has 1 heterocycles. The van der Waals surface area contributed by atoms with Gasteiger partial charge in [0.25, 0.3) is 0 Å². The lowest BCUT2D eigenvalue weighted by Gasteiger charge is -2.28. The fourth-order valence-electron chi connectivity index (χ4n) is 2.43. The van der Waals surface area contributed by atoms with Crippen LogP contribution in [0.15, 0.2) is 0 Å². The van der Waals surface area contributed by atoms with E-state index in [1.54, 1.807) is 0 Å². The van der Waals surface area contributed by atoms with E-state index in [0.717, 1.165) is 17.2 Å². The Morgan fingerprint density at radius 1 is 1.24 bits per heavy atom. The summed E-state index contributed by atoms with van der Waals surface area (Å²) in [6.45, 7) is 8.47. The van der Waals surface area contributed by atoms with Gasteiger partial charge in [0, 0.05) is 6.04 Å². The summed E-state index contributed by atoms with van der Waals surface area (Å²) in [5.74, 6) is 0.731. The summed E-state index contributed by atoms with van der Waals surface area (Å²) >= 11 is 6.14. The molecule has 1 fully saturated rings. The second-order valence-electron chi connectivity index (χ2n) is 5.61. The molecular formula is C13H20ClN3. The average molecular weight is 254 g/mol. The first-order chi connectivity index (χ1) is 7.90. The van der Waals surface area contributed by atoms with Gasteiger partial charge in [-0.15, -0.1) is 0 Å². The Labute approximate surface area is 108 Å². The number of hydrogen-bond acceptors (Lipinski definition) is 3. The molecule has 1 atom stereocenters. The number of aromatic nitrogens is 2. The number of nitrogens with zero attached hydrogens (tertiary/aromatic N) is 2. The summed E-state index contributed by atoms with van der Waals surface area (Å²) in [4.78, 5) is 8.80. The molecule has 0 spiro atoms. The van der Waals surface area contributed by atoms with E-state index >= 15 is 0 Å². The number of aryl methyl sites for hydroxylation is 2. The van der Waals surface area contributed by atoms with E-state index in [4.69, 9.17) is 11.6 Å². The lowest BCUT2D eigenvalue weighted by atomic mass is 9.87. The quantitative estimate of drug-likeness (QED) is 0.873. The second-order valence-corrected chi connectivity index (χ2v) is 5.97. The SMILES string of the molecule is Cc1nc(Cl)c(NC2CCCC2(C)C)nc1C. The molecule has 1 aliphatic rings. The fraction of sp³-hybridized carbons (Fsp3) is 0.692. The van der Waals surface area contributed by atoms with Gasteiger partial charge in [0.15, 0.2) is 11.0 Å². The molecule has 1 aliphatic carbocycles. The Balaban J connectivity index is 2.22. The first-order valence-electron chi connectivity index (χ1n) is 6.17. The van der Waals surface area contributed by atoms with Crippen molar-refractivity contribution in [2.45, 2.75) is 53.0 Å². The lowest BCUT2D eigenvalue weighted by Crippen LogP contribution is -2.31. The molecule has 0 bridgehead atoms. The van der Waals surface area contributed by atoms with Crippen molar-refractivity contribution in [1.29, 1.82) is 0 Å². The summed E-state index contributed by atoms with van der Waals surface area (Å²) in [5.41, 5.74) is 2.14. The Hall–Kier alpha value is -0.830. The average Bonchev–Trinajstić information content (AvgIpc) is 2.55. The Morgan fingerprint density at radius 3 is 2.47 bits per heavy atom. The van der Waals surface area contributed by atoms with Crippen LogP contribution in [0.2, 0.25) is 5.15 Å². The van der Waals surface area contributed by atoms with Crippen molar-refractivity contribution < 1.29 is 0 Å². The first kappa shape index (κ1) is 12.6. The molecule has 1 unspecified atom stereocenters. The summed E-state index contributed by atoms with van der Waals surface area (Å²) in [7, 11) is 0. The molecule has 0 aliphatic heterocycles. The van der Waals surface area contributed by atoms with Crippen LogP contribution in [0.5, 0.6) is 0 Å². The van der Waals surface area contributed by atoms with Crippen LogP contribution in [0.4, 0.5) is 5.82 Å². The number of rotatable bonds is 2. The van der Waals surface area contributed by atoms with Crippen molar-refractivity contribution in [3.63, 3.8) is 0 Å². The van der Waals surface area contributed by atoms with Crippen molar-refractivity contribution in [1.82, 2.24) is 9.97 Å². The van der Waals surface area contributed by atoms with Gasteiger partial charge in [-0.3, -0.25) is 0 Å². The normalized spacial score (nSPS) is 22.8. The number of halogens is 1. The van der Waals surface area contributed by atoms with Gasteiger partial charge in [0.1, 0.15) is 0 Å². The third-order valence-electron chi connectivity index (χ3n) is 3.83. The molecule has 1 aromatic rings. The van der Waals surface area contributed by atoms with E-state index in [-0.39, 0.29) is 0 Å². The van der Waals surface area contributed by atoms with E-state index in [9.17, 15) is 0 Å². The molecule has 0 radical (unpaired) electrons. The van der Waals surface area contributed by atoms with Gasteiger partial charge in [0.05, 0.1) is 11.4 Å². The zero-order valence-electron chi connectivity index (χ0n) is 11.0. The van der Waals surface area contributed by atoms with Crippen molar-refractivity contribution in [3.8, 4) is 0 Å². The van der Waals surface area contributed by atoms with Gasteiger partial charge >= 0.3 is 0 Å². The molecule has 1 aromatic heterocycles. The van der Waals surface area contributed by atoms with Gasteiger partial charge in [-0.2, -0.15) is 0 Å². The maximum absolute atomic E-state index is 6.14. The van der Waals surface area contributed by atoms with E-state index in [2.05, 4.69) is 29.1 Å². The van der Waals surface area contributed by atoms with Gasteiger partial charge in [-0.25, -0.2) is 9.97 Å². The maximum atomic E-state index is 6.14. The minimum absolute atomic E-state index is 0.309. The summed E-state index contributed by atoms with van der Waals surface area (Å²) in [6.07, 6.45) is 3.69. The van der Waals surface area contributed by atoms with Crippen molar-refractivity contribution in [2.75, 3.05) is 5.32 Å². The maximum Gasteiger partial charge on any atom is 0.171 e. The highest BCUT2D eigenvalue weighted by atomic mass is 35.5. The molecule has 1 N–H and O–H groups in total. The largest absolute Gasteiger partial charge is 0.364 e. The fourth-order valence-corrected chi connectivity index (χ4v) is 2.65. The first-order valence-corrected chi connectivity index (χ1v) is 6.55. The predicted molar refractivity (Wildman–Crippen MR) is 71.6 cm³/mol. The van der Waals surface area contributed by atoms with Crippen LogP contribution in [0, 0.1) is 19.3 Å². The van der Waals surface area contributed by atoms with Crippen LogP contribution in [0.25, 0.3) is 0 Å². The minimum atomic E-state index is 0.309. The summed E-state index contributed by atoms with van der Waals surface area (Å²) in [6, 6.07) is 0.441. The standard InChI is InChI=1S/C13H20ClN3/c1-8-9(2)16-12(11(14)15-8)17-10-6-5-7-13(10,3)4/h10H,5-7H2,1-4H3,(H,16,17). The predicted octanol–water partition coefficient (Wildman–Crippen LogP) is 3.74. The summed E-state index contributed by atoms with van der Waals surface area (Å²) in [5, 5.41) is 3.94. The zero-order valence-corrected chi connectivity index (χ0v) is 11.7. The van der Waals surface area contributed by atoms with Crippen LogP contribution in [-0.4, -0.2) is 16.0 Å². The number of anilines is 1. The van der Waals surface area contributed by atoms with Crippen molar-refractivity contribution >= 4 is 17.4 Å². The monoisotopic (exact) mass is 253 g/mol. The third-order valence-corrected chi connectivity index (χ3v) is 4.10. The molecule has 0 saturated heterocycles. The molecule has 17 heavy (non-hydrogen) atoms. The van der Waals surface area contributed by atoms with Crippen molar-refractivity contribution in [3.05, 3.63) is 16.5 Å². The van der Waals surface area contributed by atoms with E-state index < -0.39 is 0 Å². The van der Waals surface area contributed by atoms with Crippen LogP contribution in [0.3, 0.4) is 0 Å². The molecule has 0 aromatic carbocycles. The summed E-state index contributed by atoms with van der Waals surface area (Å²) < 4.78 is 0. The van der Waals surface area contributed by atoms with E-state index in [1.807, 2.05) is 13.8 Å². The Morgan fingerprint density at radius 2 is 1.88 bits per heavy atom.